The second kappa shape index (κ2) is 5.52. The summed E-state index contributed by atoms with van der Waals surface area (Å²) in [7, 11) is 0. The lowest BCUT2D eigenvalue weighted by atomic mass is 10.4. The number of hydrogen-bond acceptors (Lipinski definition) is 4. The fraction of sp³-hybridized carbons (Fsp3) is 0.500. The molecule has 6 nitrogen and oxygen atoms in total. The monoisotopic (exact) mass is 229 g/mol. The average molecular weight is 229 g/mol. The molecule has 0 aliphatic heterocycles. The van der Waals surface area contributed by atoms with Gasteiger partial charge in [-0.05, 0) is 13.8 Å². The Morgan fingerprint density at radius 1 is 1.73 bits per heavy atom. The van der Waals surface area contributed by atoms with E-state index in [0.29, 0.717) is 12.5 Å². The van der Waals surface area contributed by atoms with Crippen molar-refractivity contribution in [1.29, 1.82) is 0 Å². The maximum Gasteiger partial charge on any atom is 0.304 e. The largest absolute Gasteiger partial charge is 0.353 e. The molecule has 7 heteroatoms. The Morgan fingerprint density at radius 3 is 2.93 bits per heavy atom. The van der Waals surface area contributed by atoms with Gasteiger partial charge in [0.05, 0.1) is 12.2 Å². The molecular weight excluding hydrogens is 214 g/mol. The van der Waals surface area contributed by atoms with Gasteiger partial charge in [-0.25, -0.2) is 10.8 Å². The maximum atomic E-state index is 10.8. The van der Waals surface area contributed by atoms with Gasteiger partial charge in [-0.15, -0.1) is 0 Å². The highest BCUT2D eigenvalue weighted by Crippen LogP contribution is 1.97. The topological polar surface area (TPSA) is 95.3 Å². The predicted molar refractivity (Wildman–Crippen MR) is 61.7 cm³/mol. The average Bonchev–Trinajstić information content (AvgIpc) is 2.58. The first-order valence-corrected chi connectivity index (χ1v) is 5.44. The van der Waals surface area contributed by atoms with E-state index in [4.69, 9.17) is 5.84 Å². The molecule has 0 spiro atoms. The minimum Gasteiger partial charge on any atom is -0.353 e. The highest BCUT2D eigenvalue weighted by Gasteiger charge is 1.99. The summed E-state index contributed by atoms with van der Waals surface area (Å²) in [4.78, 5) is 17.6. The van der Waals surface area contributed by atoms with Crippen molar-refractivity contribution in [3.05, 3.63) is 20.7 Å². The van der Waals surface area contributed by atoms with Gasteiger partial charge in [-0.3, -0.25) is 10.2 Å². The van der Waals surface area contributed by atoms with E-state index >= 15 is 0 Å². The lowest BCUT2D eigenvalue weighted by molar-refractivity contribution is 0.701. The number of nitrogens with zero attached hydrogens (tertiary/aromatic N) is 1. The van der Waals surface area contributed by atoms with E-state index in [9.17, 15) is 4.79 Å². The summed E-state index contributed by atoms with van der Waals surface area (Å²) in [5, 5.41) is 4.78. The first-order valence-electron chi connectivity index (χ1n) is 4.56. The van der Waals surface area contributed by atoms with Crippen LogP contribution in [0.25, 0.3) is 0 Å². The molecule has 1 rings (SSSR count). The fourth-order valence-electron chi connectivity index (χ4n) is 0.962. The number of aliphatic imine (C=N–C) groups is 1. The zero-order valence-electron chi connectivity index (χ0n) is 8.70. The molecule has 0 aliphatic carbocycles. The van der Waals surface area contributed by atoms with Gasteiger partial charge in [0, 0.05) is 11.4 Å². The molecule has 1 aromatic rings. The van der Waals surface area contributed by atoms with Crippen molar-refractivity contribution in [2.45, 2.75) is 26.4 Å². The molecular formula is C8H15N5OS. The van der Waals surface area contributed by atoms with Gasteiger partial charge >= 0.3 is 4.87 Å². The van der Waals surface area contributed by atoms with Crippen molar-refractivity contribution in [2.75, 3.05) is 0 Å². The summed E-state index contributed by atoms with van der Waals surface area (Å²) < 4.78 is 0. The molecule has 0 radical (unpaired) electrons. The molecule has 5 N–H and O–H groups in total. The normalized spacial score (nSPS) is 11.9. The van der Waals surface area contributed by atoms with Crippen LogP contribution in [0.2, 0.25) is 0 Å². The molecule has 15 heavy (non-hydrogen) atoms. The number of guanidine groups is 1. The van der Waals surface area contributed by atoms with E-state index in [2.05, 4.69) is 20.7 Å². The third kappa shape index (κ3) is 4.13. The molecule has 0 unspecified atom stereocenters. The van der Waals surface area contributed by atoms with Crippen LogP contribution >= 0.6 is 11.3 Å². The van der Waals surface area contributed by atoms with Gasteiger partial charge in [0.1, 0.15) is 0 Å². The van der Waals surface area contributed by atoms with Crippen molar-refractivity contribution >= 4 is 17.3 Å². The number of aromatic amines is 1. The number of hydrazine groups is 1. The van der Waals surface area contributed by atoms with Gasteiger partial charge < -0.3 is 10.3 Å². The lowest BCUT2D eigenvalue weighted by Gasteiger charge is -2.11. The van der Waals surface area contributed by atoms with E-state index in [1.807, 2.05) is 13.8 Å². The van der Waals surface area contributed by atoms with Crippen molar-refractivity contribution in [1.82, 2.24) is 15.7 Å². The number of hydrogen-bond donors (Lipinski definition) is 4. The molecule has 0 aliphatic rings. The summed E-state index contributed by atoms with van der Waals surface area (Å²) in [6.07, 6.45) is 0. The smallest absolute Gasteiger partial charge is 0.304 e. The minimum absolute atomic E-state index is 0.0701. The van der Waals surface area contributed by atoms with Crippen LogP contribution in [-0.4, -0.2) is 17.0 Å². The molecule has 0 bridgehead atoms. The zero-order valence-corrected chi connectivity index (χ0v) is 9.52. The summed E-state index contributed by atoms with van der Waals surface area (Å²) in [6.45, 7) is 4.37. The third-order valence-corrected chi connectivity index (χ3v) is 2.26. The standard InChI is InChI=1S/C8H15N5OS/c1-5(2)11-7(13-9)10-3-6-4-15-8(14)12-6/h4-5H,3,9H2,1-2H3,(H,12,14)(H2,10,11,13). The summed E-state index contributed by atoms with van der Waals surface area (Å²) >= 11 is 1.13. The Hall–Kier alpha value is -1.34. The molecule has 0 aromatic carbocycles. The number of nitrogens with two attached hydrogens (primary N) is 1. The summed E-state index contributed by atoms with van der Waals surface area (Å²) in [5.74, 6) is 5.79. The molecule has 1 heterocycles. The van der Waals surface area contributed by atoms with E-state index in [0.717, 1.165) is 17.0 Å². The van der Waals surface area contributed by atoms with Crippen molar-refractivity contribution in [3.8, 4) is 0 Å². The maximum absolute atomic E-state index is 10.8. The Labute approximate surface area is 91.6 Å². The second-order valence-electron chi connectivity index (χ2n) is 3.28. The molecule has 0 amide bonds. The van der Waals surface area contributed by atoms with E-state index in [-0.39, 0.29) is 10.9 Å². The highest BCUT2D eigenvalue weighted by molar-refractivity contribution is 7.07. The Morgan fingerprint density at radius 2 is 2.47 bits per heavy atom. The Kier molecular flexibility index (Phi) is 4.32. The van der Waals surface area contributed by atoms with Crippen molar-refractivity contribution in [3.63, 3.8) is 0 Å². The van der Waals surface area contributed by atoms with Gasteiger partial charge in [0.2, 0.25) is 5.96 Å². The molecule has 0 saturated heterocycles. The van der Waals surface area contributed by atoms with Gasteiger partial charge in [0.15, 0.2) is 0 Å². The van der Waals surface area contributed by atoms with Gasteiger partial charge in [-0.1, -0.05) is 11.3 Å². The van der Waals surface area contributed by atoms with Gasteiger partial charge in [-0.2, -0.15) is 0 Å². The van der Waals surface area contributed by atoms with Crippen LogP contribution in [0.4, 0.5) is 0 Å². The molecule has 1 aromatic heterocycles. The molecule has 84 valence electrons. The number of thiazole rings is 1. The Balaban J connectivity index is 2.57. The van der Waals surface area contributed by atoms with Crippen LogP contribution < -0.4 is 21.5 Å². The van der Waals surface area contributed by atoms with Crippen LogP contribution in [0.3, 0.4) is 0 Å². The van der Waals surface area contributed by atoms with Crippen LogP contribution in [0.5, 0.6) is 0 Å². The van der Waals surface area contributed by atoms with Gasteiger partial charge in [0.25, 0.3) is 0 Å². The molecule has 0 saturated carbocycles. The Bertz CT molecular complexity index is 380. The van der Waals surface area contributed by atoms with E-state index < -0.39 is 0 Å². The van der Waals surface area contributed by atoms with Crippen molar-refractivity contribution < 1.29 is 0 Å². The number of aromatic nitrogens is 1. The number of rotatable bonds is 3. The lowest BCUT2D eigenvalue weighted by Crippen LogP contribution is -2.44. The highest BCUT2D eigenvalue weighted by atomic mass is 32.1. The minimum atomic E-state index is -0.0701. The second-order valence-corrected chi connectivity index (χ2v) is 4.12. The predicted octanol–water partition coefficient (Wildman–Crippen LogP) is -0.246. The van der Waals surface area contributed by atoms with Crippen molar-refractivity contribution in [2.24, 2.45) is 10.8 Å². The zero-order chi connectivity index (χ0) is 11.3. The first kappa shape index (κ1) is 11.7. The van der Waals surface area contributed by atoms with Crippen LogP contribution in [0, 0.1) is 0 Å². The quantitative estimate of drug-likeness (QED) is 0.249. The third-order valence-electron chi connectivity index (χ3n) is 1.54. The van der Waals surface area contributed by atoms with Crippen LogP contribution in [0.15, 0.2) is 15.2 Å². The van der Waals surface area contributed by atoms with Crippen LogP contribution in [-0.2, 0) is 6.54 Å². The number of H-pyrrole nitrogens is 1. The van der Waals surface area contributed by atoms with E-state index in [1.165, 1.54) is 0 Å². The molecule has 0 fully saturated rings. The van der Waals surface area contributed by atoms with E-state index in [1.54, 1.807) is 5.38 Å². The fourth-order valence-corrected chi connectivity index (χ4v) is 1.53. The summed E-state index contributed by atoms with van der Waals surface area (Å²) in [5.41, 5.74) is 3.24. The SMILES string of the molecule is CC(C)NC(=NCc1csc(=O)[nH]1)NN. The molecule has 0 atom stereocenters. The first-order chi connectivity index (χ1) is 7.11. The summed E-state index contributed by atoms with van der Waals surface area (Å²) in [6, 6.07) is 0.251. The number of nitrogens with one attached hydrogen (secondary N) is 3. The van der Waals surface area contributed by atoms with Crippen LogP contribution in [0.1, 0.15) is 19.5 Å².